The predicted molar refractivity (Wildman–Crippen MR) is 103 cm³/mol. The van der Waals surface area contributed by atoms with Crippen LogP contribution in [0, 0.1) is 5.82 Å². The highest BCUT2D eigenvalue weighted by molar-refractivity contribution is 7.99. The fourth-order valence-electron chi connectivity index (χ4n) is 2.93. The number of carbonyl (C=O) groups excluding carboxylic acids is 1. The number of nitrogens with zero attached hydrogens (tertiary/aromatic N) is 3. The summed E-state index contributed by atoms with van der Waals surface area (Å²) in [5, 5.41) is 3.23. The first kappa shape index (κ1) is 18.9. The van der Waals surface area contributed by atoms with E-state index in [0.29, 0.717) is 6.04 Å². The van der Waals surface area contributed by atoms with Gasteiger partial charge in [-0.05, 0) is 38.3 Å². The maximum atomic E-state index is 13.8. The van der Waals surface area contributed by atoms with Crippen LogP contribution in [0.15, 0.2) is 35.6 Å². The zero-order valence-electron chi connectivity index (χ0n) is 14.4. The smallest absolute Gasteiger partial charge is 0.234 e. The van der Waals surface area contributed by atoms with E-state index >= 15 is 0 Å². The highest BCUT2D eigenvalue weighted by Crippen LogP contribution is 2.26. The van der Waals surface area contributed by atoms with Gasteiger partial charge in [0.1, 0.15) is 17.2 Å². The van der Waals surface area contributed by atoms with Crippen LogP contribution in [0.4, 0.5) is 15.9 Å². The molecule has 1 fully saturated rings. The van der Waals surface area contributed by atoms with Gasteiger partial charge in [-0.1, -0.05) is 29.4 Å². The SMILES string of the molecule is C[C@@H]1CCCCN1c1cc(SCC(=O)Nc2cccc(Cl)c2F)ncn1. The zero-order chi connectivity index (χ0) is 18.5. The molecule has 2 aromatic rings. The van der Waals surface area contributed by atoms with Crippen LogP contribution < -0.4 is 10.2 Å². The molecule has 26 heavy (non-hydrogen) atoms. The average Bonchev–Trinajstić information content (AvgIpc) is 2.64. The van der Waals surface area contributed by atoms with Crippen LogP contribution in [0.1, 0.15) is 26.2 Å². The van der Waals surface area contributed by atoms with Gasteiger partial charge in [-0.25, -0.2) is 14.4 Å². The van der Waals surface area contributed by atoms with Gasteiger partial charge >= 0.3 is 0 Å². The first-order valence-electron chi connectivity index (χ1n) is 8.50. The van der Waals surface area contributed by atoms with Crippen molar-refractivity contribution in [3.05, 3.63) is 41.4 Å². The Morgan fingerprint density at radius 1 is 1.42 bits per heavy atom. The summed E-state index contributed by atoms with van der Waals surface area (Å²) in [7, 11) is 0. The molecule has 1 N–H and O–H groups in total. The molecular weight excluding hydrogens is 375 g/mol. The Labute approximate surface area is 161 Å². The van der Waals surface area contributed by atoms with Gasteiger partial charge in [0.25, 0.3) is 0 Å². The summed E-state index contributed by atoms with van der Waals surface area (Å²) in [6, 6.07) is 6.85. The van der Waals surface area contributed by atoms with Crippen LogP contribution in [-0.2, 0) is 4.79 Å². The van der Waals surface area contributed by atoms with E-state index in [9.17, 15) is 9.18 Å². The second-order valence-corrected chi connectivity index (χ2v) is 7.59. The van der Waals surface area contributed by atoms with E-state index in [1.54, 1.807) is 6.07 Å². The van der Waals surface area contributed by atoms with E-state index in [4.69, 9.17) is 11.6 Å². The standard InChI is InChI=1S/C18H20ClFN4OS/c1-12-5-2-3-8-24(12)15-9-17(22-11-21-15)26-10-16(25)23-14-7-4-6-13(19)18(14)20/h4,6-7,9,11-12H,2-3,5,8,10H2,1H3,(H,23,25)/t12-/m1/s1. The predicted octanol–water partition coefficient (Wildman–Crippen LogP) is 4.38. The number of amides is 1. The van der Waals surface area contributed by atoms with Crippen molar-refractivity contribution in [2.75, 3.05) is 22.5 Å². The molecule has 0 unspecified atom stereocenters. The minimum Gasteiger partial charge on any atom is -0.354 e. The van der Waals surface area contributed by atoms with Gasteiger partial charge in [0, 0.05) is 18.7 Å². The summed E-state index contributed by atoms with van der Waals surface area (Å²) < 4.78 is 13.8. The Morgan fingerprint density at radius 3 is 3.08 bits per heavy atom. The van der Waals surface area contributed by atoms with Crippen LogP contribution in [0.2, 0.25) is 5.02 Å². The normalized spacial score (nSPS) is 17.2. The number of hydrogen-bond acceptors (Lipinski definition) is 5. The minimum atomic E-state index is -0.629. The number of rotatable bonds is 5. The Morgan fingerprint density at radius 2 is 2.27 bits per heavy atom. The highest BCUT2D eigenvalue weighted by atomic mass is 35.5. The van der Waals surface area contributed by atoms with Crippen molar-refractivity contribution in [2.45, 2.75) is 37.3 Å². The fourth-order valence-corrected chi connectivity index (χ4v) is 3.77. The molecule has 0 radical (unpaired) electrons. The maximum Gasteiger partial charge on any atom is 0.234 e. The van der Waals surface area contributed by atoms with Gasteiger partial charge in [-0.15, -0.1) is 0 Å². The van der Waals surface area contributed by atoms with Crippen LogP contribution in [0.5, 0.6) is 0 Å². The fraction of sp³-hybridized carbons (Fsp3) is 0.389. The van der Waals surface area contributed by atoms with Gasteiger partial charge in [0.2, 0.25) is 5.91 Å². The lowest BCUT2D eigenvalue weighted by Gasteiger charge is -2.34. The number of piperidine rings is 1. The molecule has 1 aliphatic heterocycles. The Hall–Kier alpha value is -1.86. The van der Waals surface area contributed by atoms with Gasteiger partial charge in [0.15, 0.2) is 5.82 Å². The first-order chi connectivity index (χ1) is 12.5. The second-order valence-electron chi connectivity index (χ2n) is 6.19. The Bertz CT molecular complexity index is 792. The molecule has 1 aromatic heterocycles. The van der Waals surface area contributed by atoms with Crippen molar-refractivity contribution in [3.8, 4) is 0 Å². The monoisotopic (exact) mass is 394 g/mol. The molecule has 0 saturated carbocycles. The van der Waals surface area contributed by atoms with Gasteiger partial charge in [-0.3, -0.25) is 4.79 Å². The van der Waals surface area contributed by atoms with E-state index in [0.717, 1.165) is 30.2 Å². The zero-order valence-corrected chi connectivity index (χ0v) is 16.0. The molecule has 1 aromatic carbocycles. The molecule has 1 amide bonds. The number of benzene rings is 1. The van der Waals surface area contributed by atoms with Gasteiger partial charge in [0.05, 0.1) is 16.5 Å². The largest absolute Gasteiger partial charge is 0.354 e. The number of aromatic nitrogens is 2. The van der Waals surface area contributed by atoms with Crippen molar-refractivity contribution in [2.24, 2.45) is 0 Å². The third kappa shape index (κ3) is 4.65. The highest BCUT2D eigenvalue weighted by Gasteiger charge is 2.20. The van der Waals surface area contributed by atoms with Gasteiger partial charge in [-0.2, -0.15) is 0 Å². The number of nitrogens with one attached hydrogen (secondary N) is 1. The summed E-state index contributed by atoms with van der Waals surface area (Å²) in [6.45, 7) is 3.18. The summed E-state index contributed by atoms with van der Waals surface area (Å²) in [4.78, 5) is 23.0. The van der Waals surface area contributed by atoms with Crippen LogP contribution in [0.3, 0.4) is 0 Å². The van der Waals surface area contributed by atoms with Crippen LogP contribution >= 0.6 is 23.4 Å². The van der Waals surface area contributed by atoms with E-state index in [2.05, 4.69) is 27.1 Å². The molecular formula is C18H20ClFN4OS. The molecule has 138 valence electrons. The third-order valence-electron chi connectivity index (χ3n) is 4.30. The lowest BCUT2D eigenvalue weighted by Crippen LogP contribution is -2.38. The molecule has 1 saturated heterocycles. The van der Waals surface area contributed by atoms with E-state index in [1.807, 2.05) is 6.07 Å². The molecule has 0 bridgehead atoms. The quantitative estimate of drug-likeness (QED) is 0.602. The Balaban J connectivity index is 1.60. The number of carbonyl (C=O) groups is 1. The lowest BCUT2D eigenvalue weighted by atomic mass is 10.0. The molecule has 2 heterocycles. The molecule has 8 heteroatoms. The summed E-state index contributed by atoms with van der Waals surface area (Å²) in [5.41, 5.74) is 0.0774. The number of halogens is 2. The van der Waals surface area contributed by atoms with Crippen LogP contribution in [-0.4, -0.2) is 34.2 Å². The second kappa shape index (κ2) is 8.68. The van der Waals surface area contributed by atoms with Gasteiger partial charge < -0.3 is 10.2 Å². The van der Waals surface area contributed by atoms with Crippen molar-refractivity contribution >= 4 is 40.8 Å². The number of anilines is 2. The van der Waals surface area contributed by atoms with E-state index in [-0.39, 0.29) is 22.4 Å². The summed E-state index contributed by atoms with van der Waals surface area (Å²) >= 11 is 7.01. The van der Waals surface area contributed by atoms with Crippen molar-refractivity contribution < 1.29 is 9.18 Å². The maximum absolute atomic E-state index is 13.8. The molecule has 0 spiro atoms. The number of hydrogen-bond donors (Lipinski definition) is 1. The van der Waals surface area contributed by atoms with Crippen molar-refractivity contribution in [1.29, 1.82) is 0 Å². The van der Waals surface area contributed by atoms with Crippen molar-refractivity contribution in [1.82, 2.24) is 9.97 Å². The van der Waals surface area contributed by atoms with E-state index in [1.165, 1.54) is 36.6 Å². The molecule has 1 atom stereocenters. The topological polar surface area (TPSA) is 58.1 Å². The number of thioether (sulfide) groups is 1. The molecule has 5 nitrogen and oxygen atoms in total. The molecule has 3 rings (SSSR count). The van der Waals surface area contributed by atoms with Crippen LogP contribution in [0.25, 0.3) is 0 Å². The lowest BCUT2D eigenvalue weighted by molar-refractivity contribution is -0.113. The minimum absolute atomic E-state index is 0.0217. The van der Waals surface area contributed by atoms with Crippen molar-refractivity contribution in [3.63, 3.8) is 0 Å². The summed E-state index contributed by atoms with van der Waals surface area (Å²) in [6.07, 6.45) is 5.07. The average molecular weight is 395 g/mol. The first-order valence-corrected chi connectivity index (χ1v) is 9.86. The summed E-state index contributed by atoms with van der Waals surface area (Å²) in [5.74, 6) is 0.0624. The third-order valence-corrected chi connectivity index (χ3v) is 5.52. The Kier molecular flexibility index (Phi) is 6.32. The molecule has 1 aliphatic rings. The van der Waals surface area contributed by atoms with E-state index < -0.39 is 5.82 Å². The molecule has 0 aliphatic carbocycles.